The number of nitrogen functional groups attached to an aromatic ring is 1. The van der Waals surface area contributed by atoms with Crippen LogP contribution in [0.2, 0.25) is 0 Å². The van der Waals surface area contributed by atoms with Crippen molar-refractivity contribution in [1.29, 1.82) is 0 Å². The van der Waals surface area contributed by atoms with Crippen LogP contribution in [0.5, 0.6) is 11.5 Å². The molecule has 0 aliphatic carbocycles. The molecule has 3 N–H and O–H groups in total. The molecule has 0 radical (unpaired) electrons. The lowest BCUT2D eigenvalue weighted by molar-refractivity contribution is 0.356. The summed E-state index contributed by atoms with van der Waals surface area (Å²) in [4.78, 5) is 19.0. The van der Waals surface area contributed by atoms with Crippen LogP contribution in [0.4, 0.5) is 11.8 Å². The molecule has 2 aromatic heterocycles. The van der Waals surface area contributed by atoms with E-state index in [1.54, 1.807) is 20.4 Å². The molecule has 8 nitrogen and oxygen atoms in total. The van der Waals surface area contributed by atoms with Crippen LogP contribution < -0.4 is 20.1 Å². The zero-order valence-corrected chi connectivity index (χ0v) is 14.9. The number of imidazole rings is 1. The number of nitrogens with one attached hydrogen (secondary N) is 1. The maximum atomic E-state index is 6.22. The number of hydrogen-bond acceptors (Lipinski definition) is 7. The number of nitrogens with zero attached hydrogens (tertiary/aromatic N) is 4. The lowest BCUT2D eigenvalue weighted by Gasteiger charge is -2.32. The number of benzene rings is 1. The van der Waals surface area contributed by atoms with Crippen molar-refractivity contribution in [3.8, 4) is 11.5 Å². The summed E-state index contributed by atoms with van der Waals surface area (Å²) in [6, 6.07) is 3.65. The predicted octanol–water partition coefficient (Wildman–Crippen LogP) is 2.34. The number of methoxy groups -OCH3 is 2. The van der Waals surface area contributed by atoms with E-state index in [0.29, 0.717) is 29.2 Å². The average Bonchev–Trinajstić information content (AvgIpc) is 3.22. The number of piperidine rings is 1. The van der Waals surface area contributed by atoms with Gasteiger partial charge >= 0.3 is 0 Å². The molecule has 1 aliphatic rings. The number of hydrogen-bond donors (Lipinski definition) is 2. The van der Waals surface area contributed by atoms with Crippen molar-refractivity contribution in [2.45, 2.75) is 18.8 Å². The van der Waals surface area contributed by atoms with Gasteiger partial charge < -0.3 is 25.1 Å². The van der Waals surface area contributed by atoms with E-state index in [1.807, 2.05) is 18.3 Å². The van der Waals surface area contributed by atoms with Gasteiger partial charge in [0.2, 0.25) is 5.95 Å². The second-order valence-electron chi connectivity index (χ2n) is 6.39. The molecule has 8 heteroatoms. The van der Waals surface area contributed by atoms with Crippen molar-refractivity contribution in [3.05, 3.63) is 30.4 Å². The Labute approximate surface area is 151 Å². The van der Waals surface area contributed by atoms with Crippen molar-refractivity contribution in [1.82, 2.24) is 19.9 Å². The molecule has 0 saturated carbocycles. The Kier molecular flexibility index (Phi) is 4.24. The second-order valence-corrected chi connectivity index (χ2v) is 6.39. The molecule has 4 rings (SSSR count). The molecule has 1 aromatic carbocycles. The van der Waals surface area contributed by atoms with E-state index in [0.717, 1.165) is 42.7 Å². The molecule has 0 amide bonds. The lowest BCUT2D eigenvalue weighted by atomic mass is 9.97. The van der Waals surface area contributed by atoms with Crippen molar-refractivity contribution < 1.29 is 9.47 Å². The normalized spacial score (nSPS) is 17.5. The molecule has 0 spiro atoms. The van der Waals surface area contributed by atoms with E-state index in [2.05, 4.69) is 19.9 Å². The first-order valence-electron chi connectivity index (χ1n) is 8.63. The number of fused-ring (bicyclic) bond motifs is 1. The number of anilines is 2. The first-order valence-corrected chi connectivity index (χ1v) is 8.63. The number of ether oxygens (including phenoxy) is 2. The number of nitrogens with two attached hydrogens (primary N) is 1. The van der Waals surface area contributed by atoms with Gasteiger partial charge in [-0.05, 0) is 18.9 Å². The minimum atomic E-state index is 0.338. The molecule has 1 saturated heterocycles. The highest BCUT2D eigenvalue weighted by molar-refractivity contribution is 5.91. The quantitative estimate of drug-likeness (QED) is 0.741. The zero-order chi connectivity index (χ0) is 18.1. The molecule has 3 heterocycles. The fourth-order valence-corrected chi connectivity index (χ4v) is 3.49. The molecule has 0 bridgehead atoms. The Morgan fingerprint density at radius 2 is 2.00 bits per heavy atom. The summed E-state index contributed by atoms with van der Waals surface area (Å²) >= 11 is 0. The number of aromatic amines is 1. The second kappa shape index (κ2) is 6.70. The largest absolute Gasteiger partial charge is 0.493 e. The van der Waals surface area contributed by atoms with Gasteiger partial charge in [0.05, 0.1) is 19.7 Å². The van der Waals surface area contributed by atoms with Gasteiger partial charge in [-0.2, -0.15) is 4.98 Å². The van der Waals surface area contributed by atoms with Gasteiger partial charge in [0.15, 0.2) is 11.5 Å². The molecular formula is C18H22N6O2. The Hall–Kier alpha value is -3.03. The molecule has 1 unspecified atom stereocenters. The summed E-state index contributed by atoms with van der Waals surface area (Å²) in [5.74, 6) is 3.65. The highest BCUT2D eigenvalue weighted by atomic mass is 16.5. The topological polar surface area (TPSA) is 102 Å². The first kappa shape index (κ1) is 16.4. The van der Waals surface area contributed by atoms with Crippen LogP contribution in [0.1, 0.15) is 24.6 Å². The Morgan fingerprint density at radius 1 is 1.19 bits per heavy atom. The number of rotatable bonds is 4. The third-order valence-corrected chi connectivity index (χ3v) is 4.83. The highest BCUT2D eigenvalue weighted by Gasteiger charge is 2.25. The summed E-state index contributed by atoms with van der Waals surface area (Å²) in [6.07, 6.45) is 5.80. The molecule has 3 aromatic rings. The van der Waals surface area contributed by atoms with Crippen LogP contribution in [0, 0.1) is 0 Å². The molecule has 136 valence electrons. The van der Waals surface area contributed by atoms with Crippen LogP contribution >= 0.6 is 0 Å². The highest BCUT2D eigenvalue weighted by Crippen LogP contribution is 2.35. The van der Waals surface area contributed by atoms with Crippen molar-refractivity contribution >= 4 is 22.7 Å². The Bertz CT molecular complexity index is 912. The van der Waals surface area contributed by atoms with E-state index in [4.69, 9.17) is 20.2 Å². The van der Waals surface area contributed by atoms with Crippen LogP contribution in [0.25, 0.3) is 10.9 Å². The van der Waals surface area contributed by atoms with Gasteiger partial charge in [0, 0.05) is 42.9 Å². The lowest BCUT2D eigenvalue weighted by Crippen LogP contribution is -2.36. The van der Waals surface area contributed by atoms with E-state index in [1.165, 1.54) is 0 Å². The van der Waals surface area contributed by atoms with E-state index >= 15 is 0 Å². The van der Waals surface area contributed by atoms with Crippen LogP contribution in [0.3, 0.4) is 0 Å². The molecule has 1 aliphatic heterocycles. The van der Waals surface area contributed by atoms with Gasteiger partial charge in [-0.3, -0.25) is 0 Å². The third-order valence-electron chi connectivity index (χ3n) is 4.83. The van der Waals surface area contributed by atoms with Gasteiger partial charge in [0.1, 0.15) is 11.6 Å². The minimum Gasteiger partial charge on any atom is -0.493 e. The van der Waals surface area contributed by atoms with Gasteiger partial charge in [-0.1, -0.05) is 0 Å². The van der Waals surface area contributed by atoms with E-state index < -0.39 is 0 Å². The smallest absolute Gasteiger partial charge is 0.227 e. The van der Waals surface area contributed by atoms with E-state index in [9.17, 15) is 0 Å². The fourth-order valence-electron chi connectivity index (χ4n) is 3.49. The molecule has 1 atom stereocenters. The van der Waals surface area contributed by atoms with Gasteiger partial charge in [-0.15, -0.1) is 0 Å². The van der Waals surface area contributed by atoms with Crippen molar-refractivity contribution in [2.75, 3.05) is 37.9 Å². The van der Waals surface area contributed by atoms with Crippen LogP contribution in [0.15, 0.2) is 24.5 Å². The average molecular weight is 354 g/mol. The zero-order valence-electron chi connectivity index (χ0n) is 14.9. The first-order chi connectivity index (χ1) is 12.7. The van der Waals surface area contributed by atoms with Crippen LogP contribution in [-0.2, 0) is 0 Å². The SMILES string of the molecule is COc1cc2nc(N3CCCC(c4ncc[nH]4)C3)nc(N)c2cc1OC. The molecule has 1 fully saturated rings. The fraction of sp³-hybridized carbons (Fsp3) is 0.389. The summed E-state index contributed by atoms with van der Waals surface area (Å²) in [5.41, 5.74) is 6.96. The van der Waals surface area contributed by atoms with Gasteiger partial charge in [0.25, 0.3) is 0 Å². The van der Waals surface area contributed by atoms with Crippen LogP contribution in [-0.4, -0.2) is 47.2 Å². The molecule has 26 heavy (non-hydrogen) atoms. The minimum absolute atomic E-state index is 0.338. The Balaban J connectivity index is 1.70. The van der Waals surface area contributed by atoms with Crippen molar-refractivity contribution in [3.63, 3.8) is 0 Å². The maximum Gasteiger partial charge on any atom is 0.227 e. The Morgan fingerprint density at radius 3 is 2.73 bits per heavy atom. The summed E-state index contributed by atoms with van der Waals surface area (Å²) in [7, 11) is 3.20. The van der Waals surface area contributed by atoms with Gasteiger partial charge in [-0.25, -0.2) is 9.97 Å². The third kappa shape index (κ3) is 2.87. The number of H-pyrrole nitrogens is 1. The molecular weight excluding hydrogens is 332 g/mol. The summed E-state index contributed by atoms with van der Waals surface area (Å²) in [5, 5.41) is 0.756. The predicted molar refractivity (Wildman–Crippen MR) is 99.8 cm³/mol. The number of aromatic nitrogens is 4. The van der Waals surface area contributed by atoms with E-state index in [-0.39, 0.29) is 0 Å². The standard InChI is InChI=1S/C18H22N6O2/c1-25-14-8-12-13(9-15(14)26-2)22-18(23-16(12)19)24-7-3-4-11(10-24)17-20-5-6-21-17/h5-6,8-9,11H,3-4,7,10H2,1-2H3,(H,20,21)(H2,19,22,23). The summed E-state index contributed by atoms with van der Waals surface area (Å²) < 4.78 is 10.7. The summed E-state index contributed by atoms with van der Waals surface area (Å²) in [6.45, 7) is 1.71. The monoisotopic (exact) mass is 354 g/mol. The van der Waals surface area contributed by atoms with Crippen molar-refractivity contribution in [2.24, 2.45) is 0 Å². The maximum absolute atomic E-state index is 6.22.